The summed E-state index contributed by atoms with van der Waals surface area (Å²) >= 11 is 12.1. The number of halogens is 2. The first-order chi connectivity index (χ1) is 8.02. The molecule has 0 bridgehead atoms. The lowest BCUT2D eigenvalue weighted by molar-refractivity contribution is 0.273. The van der Waals surface area contributed by atoms with Crippen LogP contribution in [0.2, 0.25) is 10.0 Å². The summed E-state index contributed by atoms with van der Waals surface area (Å²) in [5.41, 5.74) is 1.05. The second-order valence-corrected chi connectivity index (χ2v) is 5.25. The van der Waals surface area contributed by atoms with E-state index in [-0.39, 0.29) is 0 Å². The maximum absolute atomic E-state index is 6.10. The standard InChI is InChI=1S/C13H20Cl2N2/c1-10(2)17(3)8-7-16-9-11-5-4-6-12(14)13(11)15/h4-6,10,16H,7-9H2,1-3H3. The van der Waals surface area contributed by atoms with Crippen LogP contribution in [-0.2, 0) is 6.54 Å². The molecule has 2 nitrogen and oxygen atoms in total. The lowest BCUT2D eigenvalue weighted by Crippen LogP contribution is -2.33. The molecule has 17 heavy (non-hydrogen) atoms. The third kappa shape index (κ3) is 4.84. The van der Waals surface area contributed by atoms with Gasteiger partial charge in [-0.15, -0.1) is 0 Å². The van der Waals surface area contributed by atoms with Gasteiger partial charge in [-0.05, 0) is 32.5 Å². The summed E-state index contributed by atoms with van der Waals surface area (Å²) in [5, 5.41) is 4.64. The van der Waals surface area contributed by atoms with Crippen molar-refractivity contribution in [1.82, 2.24) is 10.2 Å². The van der Waals surface area contributed by atoms with Gasteiger partial charge in [0.2, 0.25) is 0 Å². The van der Waals surface area contributed by atoms with Crippen molar-refractivity contribution in [2.75, 3.05) is 20.1 Å². The summed E-state index contributed by atoms with van der Waals surface area (Å²) in [4.78, 5) is 2.30. The molecule has 0 saturated heterocycles. The van der Waals surface area contributed by atoms with Crippen molar-refractivity contribution >= 4 is 23.2 Å². The highest BCUT2D eigenvalue weighted by Gasteiger charge is 2.05. The third-order valence-corrected chi connectivity index (χ3v) is 3.73. The molecule has 0 aromatic heterocycles. The molecular formula is C13H20Cl2N2. The van der Waals surface area contributed by atoms with Crippen LogP contribution in [0.15, 0.2) is 18.2 Å². The van der Waals surface area contributed by atoms with Gasteiger partial charge < -0.3 is 10.2 Å². The van der Waals surface area contributed by atoms with Crippen LogP contribution < -0.4 is 5.32 Å². The summed E-state index contributed by atoms with van der Waals surface area (Å²) in [7, 11) is 2.12. The van der Waals surface area contributed by atoms with Crippen LogP contribution in [0, 0.1) is 0 Å². The maximum Gasteiger partial charge on any atom is 0.0637 e. The van der Waals surface area contributed by atoms with Crippen LogP contribution >= 0.6 is 23.2 Å². The molecule has 0 aliphatic heterocycles. The van der Waals surface area contributed by atoms with Gasteiger partial charge in [0.15, 0.2) is 0 Å². The average molecular weight is 275 g/mol. The van der Waals surface area contributed by atoms with Crippen molar-refractivity contribution in [2.24, 2.45) is 0 Å². The number of benzene rings is 1. The minimum absolute atomic E-state index is 0.576. The molecule has 0 aliphatic carbocycles. The predicted octanol–water partition coefficient (Wildman–Crippen LogP) is 3.42. The van der Waals surface area contributed by atoms with Gasteiger partial charge in [0, 0.05) is 25.7 Å². The highest BCUT2D eigenvalue weighted by Crippen LogP contribution is 2.25. The molecular weight excluding hydrogens is 255 g/mol. The number of likely N-dealkylation sites (N-methyl/N-ethyl adjacent to an activating group) is 1. The highest BCUT2D eigenvalue weighted by atomic mass is 35.5. The minimum atomic E-state index is 0.576. The molecule has 0 radical (unpaired) electrons. The topological polar surface area (TPSA) is 15.3 Å². The molecule has 96 valence electrons. The van der Waals surface area contributed by atoms with E-state index >= 15 is 0 Å². The lowest BCUT2D eigenvalue weighted by Gasteiger charge is -2.21. The van der Waals surface area contributed by atoms with E-state index in [0.717, 1.165) is 25.2 Å². The van der Waals surface area contributed by atoms with Gasteiger partial charge in [-0.25, -0.2) is 0 Å². The van der Waals surface area contributed by atoms with Crippen molar-refractivity contribution in [1.29, 1.82) is 0 Å². The fourth-order valence-electron chi connectivity index (χ4n) is 1.42. The molecule has 0 fully saturated rings. The zero-order chi connectivity index (χ0) is 12.8. The van der Waals surface area contributed by atoms with E-state index in [0.29, 0.717) is 16.1 Å². The number of hydrogen-bond donors (Lipinski definition) is 1. The van der Waals surface area contributed by atoms with Gasteiger partial charge in [-0.2, -0.15) is 0 Å². The molecule has 1 rings (SSSR count). The van der Waals surface area contributed by atoms with E-state index in [9.17, 15) is 0 Å². The molecule has 0 saturated carbocycles. The molecule has 0 unspecified atom stereocenters. The average Bonchev–Trinajstić information content (AvgIpc) is 2.29. The van der Waals surface area contributed by atoms with Crippen LogP contribution in [0.5, 0.6) is 0 Å². The fourth-order valence-corrected chi connectivity index (χ4v) is 1.81. The molecule has 0 spiro atoms. The van der Waals surface area contributed by atoms with Gasteiger partial charge in [0.05, 0.1) is 10.0 Å². The van der Waals surface area contributed by atoms with E-state index in [1.54, 1.807) is 6.07 Å². The van der Waals surface area contributed by atoms with Crippen LogP contribution in [0.4, 0.5) is 0 Å². The molecule has 0 heterocycles. The number of hydrogen-bond acceptors (Lipinski definition) is 2. The smallest absolute Gasteiger partial charge is 0.0637 e. The molecule has 4 heteroatoms. The molecule has 0 aliphatic rings. The second-order valence-electron chi connectivity index (χ2n) is 4.46. The Labute approximate surface area is 114 Å². The molecule has 1 N–H and O–H groups in total. The van der Waals surface area contributed by atoms with E-state index in [2.05, 4.69) is 31.1 Å². The fraction of sp³-hybridized carbons (Fsp3) is 0.538. The van der Waals surface area contributed by atoms with Crippen molar-refractivity contribution in [3.63, 3.8) is 0 Å². The molecule has 1 aromatic rings. The lowest BCUT2D eigenvalue weighted by atomic mass is 10.2. The number of rotatable bonds is 6. The molecule has 1 aromatic carbocycles. The van der Waals surface area contributed by atoms with Gasteiger partial charge in [-0.1, -0.05) is 35.3 Å². The SMILES string of the molecule is CC(C)N(C)CCNCc1cccc(Cl)c1Cl. The zero-order valence-electron chi connectivity index (χ0n) is 10.6. The highest BCUT2D eigenvalue weighted by molar-refractivity contribution is 6.42. The Kier molecular flexibility index (Phi) is 6.28. The third-order valence-electron chi connectivity index (χ3n) is 2.87. The van der Waals surface area contributed by atoms with Crippen molar-refractivity contribution in [2.45, 2.75) is 26.4 Å². The van der Waals surface area contributed by atoms with Crippen LogP contribution in [-0.4, -0.2) is 31.1 Å². The summed E-state index contributed by atoms with van der Waals surface area (Å²) in [5.74, 6) is 0. The monoisotopic (exact) mass is 274 g/mol. The first kappa shape index (κ1) is 14.8. The second kappa shape index (κ2) is 7.22. The van der Waals surface area contributed by atoms with Crippen LogP contribution in [0.3, 0.4) is 0 Å². The van der Waals surface area contributed by atoms with Crippen molar-refractivity contribution in [3.05, 3.63) is 33.8 Å². The molecule has 0 amide bonds. The Hall–Kier alpha value is -0.280. The number of nitrogens with zero attached hydrogens (tertiary/aromatic N) is 1. The van der Waals surface area contributed by atoms with E-state index < -0.39 is 0 Å². The quantitative estimate of drug-likeness (QED) is 0.800. The summed E-state index contributed by atoms with van der Waals surface area (Å²) in [6, 6.07) is 6.30. The normalized spacial score (nSPS) is 11.5. The van der Waals surface area contributed by atoms with Crippen LogP contribution in [0.25, 0.3) is 0 Å². The van der Waals surface area contributed by atoms with Crippen molar-refractivity contribution in [3.8, 4) is 0 Å². The van der Waals surface area contributed by atoms with E-state index in [1.807, 2.05) is 12.1 Å². The van der Waals surface area contributed by atoms with Gasteiger partial charge in [-0.3, -0.25) is 0 Å². The zero-order valence-corrected chi connectivity index (χ0v) is 12.1. The summed E-state index contributed by atoms with van der Waals surface area (Å²) in [6.07, 6.45) is 0. The van der Waals surface area contributed by atoms with Gasteiger partial charge >= 0.3 is 0 Å². The first-order valence-electron chi connectivity index (χ1n) is 5.86. The van der Waals surface area contributed by atoms with E-state index in [1.165, 1.54) is 0 Å². The van der Waals surface area contributed by atoms with Crippen LogP contribution in [0.1, 0.15) is 19.4 Å². The summed E-state index contributed by atoms with van der Waals surface area (Å²) in [6.45, 7) is 7.10. The minimum Gasteiger partial charge on any atom is -0.311 e. The Balaban J connectivity index is 2.34. The Morgan fingerprint density at radius 1 is 1.29 bits per heavy atom. The number of nitrogens with one attached hydrogen (secondary N) is 1. The first-order valence-corrected chi connectivity index (χ1v) is 6.61. The summed E-state index contributed by atoms with van der Waals surface area (Å²) < 4.78 is 0. The Bertz CT molecular complexity index is 353. The van der Waals surface area contributed by atoms with Crippen molar-refractivity contribution < 1.29 is 0 Å². The largest absolute Gasteiger partial charge is 0.311 e. The predicted molar refractivity (Wildman–Crippen MR) is 75.9 cm³/mol. The van der Waals surface area contributed by atoms with Gasteiger partial charge in [0.1, 0.15) is 0 Å². The molecule has 0 atom stereocenters. The van der Waals surface area contributed by atoms with Gasteiger partial charge in [0.25, 0.3) is 0 Å². The Morgan fingerprint density at radius 3 is 2.65 bits per heavy atom. The van der Waals surface area contributed by atoms with E-state index in [4.69, 9.17) is 23.2 Å². The Morgan fingerprint density at radius 2 is 2.00 bits per heavy atom. The maximum atomic E-state index is 6.10.